The van der Waals surface area contributed by atoms with Gasteiger partial charge in [0.2, 0.25) is 5.91 Å². The van der Waals surface area contributed by atoms with Gasteiger partial charge in [0.05, 0.1) is 5.56 Å². The summed E-state index contributed by atoms with van der Waals surface area (Å²) in [6.07, 6.45) is -4.36. The Kier molecular flexibility index (Phi) is 4.74. The van der Waals surface area contributed by atoms with Crippen molar-refractivity contribution in [3.05, 3.63) is 47.0 Å². The Bertz CT molecular complexity index is 798. The molecule has 1 aromatic heterocycles. The first-order chi connectivity index (χ1) is 12.2. The summed E-state index contributed by atoms with van der Waals surface area (Å²) in [6.45, 7) is 3.40. The first kappa shape index (κ1) is 18.4. The zero-order valence-electron chi connectivity index (χ0n) is 14.8. The maximum Gasteiger partial charge on any atom is 0.416 e. The number of amides is 1. The summed E-state index contributed by atoms with van der Waals surface area (Å²) in [5.74, 6) is 1.18. The molecule has 26 heavy (non-hydrogen) atoms. The molecule has 1 aliphatic rings. The lowest BCUT2D eigenvalue weighted by molar-refractivity contribution is -0.137. The number of aryl methyl sites for hydroxylation is 1. The Morgan fingerprint density at radius 1 is 1.19 bits per heavy atom. The van der Waals surface area contributed by atoms with Gasteiger partial charge in [-0.3, -0.25) is 9.69 Å². The lowest BCUT2D eigenvalue weighted by atomic mass is 10.1. The molecule has 2 heterocycles. The highest BCUT2D eigenvalue weighted by molar-refractivity contribution is 5.82. The second-order valence-electron chi connectivity index (χ2n) is 6.56. The molecule has 140 valence electrons. The number of hydrogen-bond acceptors (Lipinski definition) is 4. The van der Waals surface area contributed by atoms with Crippen LogP contribution in [0, 0.1) is 6.92 Å². The molecule has 2 aromatic rings. The number of likely N-dealkylation sites (N-methyl/N-ethyl adjacent to an activating group) is 1. The second-order valence-corrected chi connectivity index (χ2v) is 6.56. The molecule has 0 saturated carbocycles. The third-order valence-electron chi connectivity index (χ3n) is 4.53. The molecule has 1 unspecified atom stereocenters. The normalized spacial score (nSPS) is 17.8. The van der Waals surface area contributed by atoms with E-state index in [2.05, 4.69) is 10.2 Å². The number of carbonyl (C=O) groups is 1. The molecular formula is C17H20F3N5O. The van der Waals surface area contributed by atoms with E-state index in [0.717, 1.165) is 18.0 Å². The average Bonchev–Trinajstić information content (AvgIpc) is 2.95. The van der Waals surface area contributed by atoms with Gasteiger partial charge in [-0.2, -0.15) is 13.2 Å². The quantitative estimate of drug-likeness (QED) is 0.835. The fourth-order valence-corrected chi connectivity index (χ4v) is 3.11. The van der Waals surface area contributed by atoms with Crippen LogP contribution in [0.15, 0.2) is 24.3 Å². The number of aromatic nitrogens is 3. The van der Waals surface area contributed by atoms with Crippen LogP contribution in [-0.4, -0.2) is 51.1 Å². The van der Waals surface area contributed by atoms with Gasteiger partial charge in [-0.1, -0.05) is 12.1 Å². The van der Waals surface area contributed by atoms with E-state index in [4.69, 9.17) is 0 Å². The zero-order chi connectivity index (χ0) is 19.1. The van der Waals surface area contributed by atoms with Gasteiger partial charge in [0.25, 0.3) is 0 Å². The summed E-state index contributed by atoms with van der Waals surface area (Å²) in [5.41, 5.74) is 0.0235. The minimum Gasteiger partial charge on any atom is -0.347 e. The van der Waals surface area contributed by atoms with Crippen molar-refractivity contribution >= 4 is 5.91 Å². The number of rotatable bonds is 3. The van der Waals surface area contributed by atoms with E-state index in [1.807, 2.05) is 16.4 Å². The van der Waals surface area contributed by atoms with Crippen molar-refractivity contribution in [2.24, 2.45) is 0 Å². The molecule has 0 fully saturated rings. The molecule has 1 aliphatic heterocycles. The molecule has 0 radical (unpaired) electrons. The lowest BCUT2D eigenvalue weighted by Crippen LogP contribution is -2.45. The van der Waals surface area contributed by atoms with Crippen LogP contribution < -0.4 is 0 Å². The van der Waals surface area contributed by atoms with Crippen LogP contribution in [0.2, 0.25) is 0 Å². The standard InChI is InChI=1S/C17H20F3N5O/c1-11-21-22-15-14(16(26)23(2)3)24(8-9-25(11)15)10-12-4-6-13(7-5-12)17(18,19)20/h4-7,14H,8-10H2,1-3H3. The van der Waals surface area contributed by atoms with E-state index in [-0.39, 0.29) is 5.91 Å². The SMILES string of the molecule is Cc1nnc2n1CCN(Cc1ccc(C(F)(F)F)cc1)C2C(=O)N(C)C. The predicted molar refractivity (Wildman–Crippen MR) is 88.0 cm³/mol. The Morgan fingerprint density at radius 2 is 1.85 bits per heavy atom. The predicted octanol–water partition coefficient (Wildman–Crippen LogP) is 2.25. The number of nitrogens with zero attached hydrogens (tertiary/aromatic N) is 5. The minimum absolute atomic E-state index is 0.134. The summed E-state index contributed by atoms with van der Waals surface area (Å²) in [4.78, 5) is 16.1. The van der Waals surface area contributed by atoms with Gasteiger partial charge in [-0.25, -0.2) is 0 Å². The number of fused-ring (bicyclic) bond motifs is 1. The number of hydrogen-bond donors (Lipinski definition) is 0. The van der Waals surface area contributed by atoms with Crippen molar-refractivity contribution in [1.82, 2.24) is 24.6 Å². The molecule has 9 heteroatoms. The smallest absolute Gasteiger partial charge is 0.347 e. The zero-order valence-corrected chi connectivity index (χ0v) is 14.8. The van der Waals surface area contributed by atoms with Crippen LogP contribution in [0.25, 0.3) is 0 Å². The van der Waals surface area contributed by atoms with Crippen molar-refractivity contribution in [3.8, 4) is 0 Å². The van der Waals surface area contributed by atoms with Crippen molar-refractivity contribution in [2.75, 3.05) is 20.6 Å². The number of carbonyl (C=O) groups excluding carboxylic acids is 1. The summed E-state index contributed by atoms with van der Waals surface area (Å²) >= 11 is 0. The van der Waals surface area contributed by atoms with E-state index in [1.165, 1.54) is 17.0 Å². The highest BCUT2D eigenvalue weighted by Gasteiger charge is 2.37. The van der Waals surface area contributed by atoms with Gasteiger partial charge in [0, 0.05) is 33.7 Å². The summed E-state index contributed by atoms with van der Waals surface area (Å²) in [6, 6.07) is 4.42. The Labute approximate surface area is 149 Å². The van der Waals surface area contributed by atoms with Gasteiger partial charge in [0.1, 0.15) is 5.82 Å². The Morgan fingerprint density at radius 3 is 2.42 bits per heavy atom. The van der Waals surface area contributed by atoms with Crippen LogP contribution in [0.4, 0.5) is 13.2 Å². The van der Waals surface area contributed by atoms with E-state index in [1.54, 1.807) is 14.1 Å². The van der Waals surface area contributed by atoms with Crippen molar-refractivity contribution < 1.29 is 18.0 Å². The molecule has 1 atom stereocenters. The van der Waals surface area contributed by atoms with Crippen LogP contribution in [0.5, 0.6) is 0 Å². The largest absolute Gasteiger partial charge is 0.416 e. The molecule has 1 amide bonds. The minimum atomic E-state index is -4.36. The monoisotopic (exact) mass is 367 g/mol. The van der Waals surface area contributed by atoms with Crippen LogP contribution in [0.3, 0.4) is 0 Å². The second kappa shape index (κ2) is 6.71. The third-order valence-corrected chi connectivity index (χ3v) is 4.53. The van der Waals surface area contributed by atoms with Gasteiger partial charge in [-0.15, -0.1) is 10.2 Å². The topological polar surface area (TPSA) is 54.3 Å². The van der Waals surface area contributed by atoms with E-state index in [9.17, 15) is 18.0 Å². The summed E-state index contributed by atoms with van der Waals surface area (Å²) < 4.78 is 40.1. The Balaban J connectivity index is 1.87. The van der Waals surface area contributed by atoms with E-state index < -0.39 is 17.8 Å². The van der Waals surface area contributed by atoms with Gasteiger partial charge in [-0.05, 0) is 24.6 Å². The molecule has 3 rings (SSSR count). The lowest BCUT2D eigenvalue weighted by Gasteiger charge is -2.36. The molecule has 0 N–H and O–H groups in total. The molecule has 6 nitrogen and oxygen atoms in total. The van der Waals surface area contributed by atoms with Gasteiger partial charge < -0.3 is 9.47 Å². The van der Waals surface area contributed by atoms with E-state index >= 15 is 0 Å². The molecule has 1 aromatic carbocycles. The fraction of sp³-hybridized carbons (Fsp3) is 0.471. The third kappa shape index (κ3) is 3.44. The average molecular weight is 367 g/mol. The summed E-state index contributed by atoms with van der Waals surface area (Å²) in [7, 11) is 3.33. The molecule has 0 saturated heterocycles. The maximum absolute atomic E-state index is 12.7. The van der Waals surface area contributed by atoms with E-state index in [0.29, 0.717) is 31.0 Å². The fourth-order valence-electron chi connectivity index (χ4n) is 3.11. The maximum atomic E-state index is 12.7. The Hall–Kier alpha value is -2.42. The number of benzene rings is 1. The highest BCUT2D eigenvalue weighted by atomic mass is 19.4. The van der Waals surface area contributed by atoms with Crippen LogP contribution in [0.1, 0.15) is 28.8 Å². The van der Waals surface area contributed by atoms with Crippen LogP contribution in [-0.2, 0) is 24.1 Å². The molecule has 0 bridgehead atoms. The van der Waals surface area contributed by atoms with Gasteiger partial charge in [0.15, 0.2) is 11.9 Å². The van der Waals surface area contributed by atoms with Gasteiger partial charge >= 0.3 is 6.18 Å². The number of halogens is 3. The highest BCUT2D eigenvalue weighted by Crippen LogP contribution is 2.31. The first-order valence-corrected chi connectivity index (χ1v) is 8.19. The van der Waals surface area contributed by atoms with Crippen molar-refractivity contribution in [2.45, 2.75) is 32.2 Å². The molecular weight excluding hydrogens is 347 g/mol. The molecule has 0 aliphatic carbocycles. The van der Waals surface area contributed by atoms with Crippen LogP contribution >= 0.6 is 0 Å². The first-order valence-electron chi connectivity index (χ1n) is 8.19. The molecule has 0 spiro atoms. The van der Waals surface area contributed by atoms with Crippen molar-refractivity contribution in [1.29, 1.82) is 0 Å². The van der Waals surface area contributed by atoms with Crippen molar-refractivity contribution in [3.63, 3.8) is 0 Å². The summed E-state index contributed by atoms with van der Waals surface area (Å²) in [5, 5.41) is 8.22. The number of alkyl halides is 3.